The summed E-state index contributed by atoms with van der Waals surface area (Å²) in [5, 5.41) is 19.8. The molecule has 5 nitrogen and oxygen atoms in total. The molecular weight excluding hydrogens is 346 g/mol. The number of aromatic carboxylic acids is 1. The molecule has 0 spiro atoms. The maximum absolute atomic E-state index is 11.1. The molecule has 0 aromatic heterocycles. The van der Waals surface area contributed by atoms with Crippen LogP contribution in [0, 0.1) is 10.1 Å². The van der Waals surface area contributed by atoms with Crippen LogP contribution in [0.1, 0.15) is 10.4 Å². The fourth-order valence-electron chi connectivity index (χ4n) is 1.54. The summed E-state index contributed by atoms with van der Waals surface area (Å²) in [6.45, 7) is 0. The summed E-state index contributed by atoms with van der Waals surface area (Å²) in [5.41, 5.74) is 0.176. The standard InChI is InChI=1S/C13H8BrNO4S/c14-10-7-8(15(18)19)5-6-12(10)20-11-4-2-1-3-9(11)13(16)17/h1-7H,(H,16,17). The van der Waals surface area contributed by atoms with E-state index in [1.165, 1.54) is 30.0 Å². The molecule has 0 unspecified atom stereocenters. The lowest BCUT2D eigenvalue weighted by Crippen LogP contribution is -1.98. The van der Waals surface area contributed by atoms with Crippen molar-refractivity contribution in [2.24, 2.45) is 0 Å². The van der Waals surface area contributed by atoms with Gasteiger partial charge in [0.05, 0.1) is 10.5 Å². The van der Waals surface area contributed by atoms with E-state index in [1.807, 2.05) is 0 Å². The van der Waals surface area contributed by atoms with Crippen molar-refractivity contribution in [3.05, 3.63) is 62.6 Å². The van der Waals surface area contributed by atoms with Crippen molar-refractivity contribution in [3.63, 3.8) is 0 Å². The van der Waals surface area contributed by atoms with Gasteiger partial charge in [-0.2, -0.15) is 0 Å². The zero-order valence-corrected chi connectivity index (χ0v) is 12.3. The maximum Gasteiger partial charge on any atom is 0.336 e. The van der Waals surface area contributed by atoms with Gasteiger partial charge in [-0.1, -0.05) is 23.9 Å². The van der Waals surface area contributed by atoms with Crippen molar-refractivity contribution in [1.82, 2.24) is 0 Å². The van der Waals surface area contributed by atoms with Crippen LogP contribution in [0.3, 0.4) is 0 Å². The van der Waals surface area contributed by atoms with Crippen LogP contribution in [0.2, 0.25) is 0 Å². The van der Waals surface area contributed by atoms with Crippen molar-refractivity contribution in [1.29, 1.82) is 0 Å². The highest BCUT2D eigenvalue weighted by atomic mass is 79.9. The third-order valence-corrected chi connectivity index (χ3v) is 4.53. The van der Waals surface area contributed by atoms with Gasteiger partial charge >= 0.3 is 5.97 Å². The third-order valence-electron chi connectivity index (χ3n) is 2.46. The monoisotopic (exact) mass is 353 g/mol. The summed E-state index contributed by atoms with van der Waals surface area (Å²) in [6, 6.07) is 11.0. The SMILES string of the molecule is O=C(O)c1ccccc1Sc1ccc([N+](=O)[O-])cc1Br. The van der Waals surface area contributed by atoms with Gasteiger partial charge in [0.1, 0.15) is 0 Å². The Hall–Kier alpha value is -1.86. The van der Waals surface area contributed by atoms with Crippen LogP contribution in [0.15, 0.2) is 56.7 Å². The Morgan fingerprint density at radius 2 is 1.90 bits per heavy atom. The first-order chi connectivity index (χ1) is 9.49. The first-order valence-corrected chi connectivity index (χ1v) is 7.04. The van der Waals surface area contributed by atoms with Gasteiger partial charge in [0.25, 0.3) is 5.69 Å². The number of carbonyl (C=O) groups is 1. The predicted octanol–water partition coefficient (Wildman–Crippen LogP) is 4.21. The number of halogens is 1. The molecule has 0 saturated carbocycles. The number of hydrogen-bond donors (Lipinski definition) is 1. The Morgan fingerprint density at radius 1 is 1.20 bits per heavy atom. The minimum absolute atomic E-state index is 0.0206. The number of nitro benzene ring substituents is 1. The second kappa shape index (κ2) is 6.06. The zero-order chi connectivity index (χ0) is 14.7. The van der Waals surface area contributed by atoms with Crippen LogP contribution in [-0.2, 0) is 0 Å². The summed E-state index contributed by atoms with van der Waals surface area (Å²) < 4.78 is 0.553. The molecule has 0 radical (unpaired) electrons. The molecule has 0 aliphatic heterocycles. The summed E-state index contributed by atoms with van der Waals surface area (Å²) >= 11 is 4.50. The van der Waals surface area contributed by atoms with Crippen LogP contribution in [0.25, 0.3) is 0 Å². The van der Waals surface area contributed by atoms with Gasteiger partial charge < -0.3 is 5.11 Å². The van der Waals surface area contributed by atoms with Crippen LogP contribution in [0.4, 0.5) is 5.69 Å². The number of nitro groups is 1. The van der Waals surface area contributed by atoms with Gasteiger partial charge in [0.15, 0.2) is 0 Å². The summed E-state index contributed by atoms with van der Waals surface area (Å²) in [5.74, 6) is -1.01. The largest absolute Gasteiger partial charge is 0.478 e. The van der Waals surface area contributed by atoms with Gasteiger partial charge in [-0.25, -0.2) is 4.79 Å². The maximum atomic E-state index is 11.1. The molecule has 0 aliphatic carbocycles. The zero-order valence-electron chi connectivity index (χ0n) is 9.95. The fourth-order valence-corrected chi connectivity index (χ4v) is 3.09. The van der Waals surface area contributed by atoms with Gasteiger partial charge in [-0.15, -0.1) is 0 Å². The first-order valence-electron chi connectivity index (χ1n) is 5.43. The molecule has 0 amide bonds. The van der Waals surface area contributed by atoms with Gasteiger partial charge in [0, 0.05) is 26.4 Å². The number of carboxylic acids is 1. The molecular formula is C13H8BrNO4S. The van der Waals surface area contributed by atoms with E-state index in [4.69, 9.17) is 5.11 Å². The smallest absolute Gasteiger partial charge is 0.336 e. The Bertz CT molecular complexity index is 690. The number of nitrogens with zero attached hydrogens (tertiary/aromatic N) is 1. The summed E-state index contributed by atoms with van der Waals surface area (Å²) in [4.78, 5) is 22.6. The Labute approximate surface area is 126 Å². The van der Waals surface area contributed by atoms with E-state index in [0.29, 0.717) is 14.3 Å². The van der Waals surface area contributed by atoms with E-state index < -0.39 is 10.9 Å². The van der Waals surface area contributed by atoms with Crippen molar-refractivity contribution in [2.45, 2.75) is 9.79 Å². The second-order valence-electron chi connectivity index (χ2n) is 3.78. The average Bonchev–Trinajstić information content (AvgIpc) is 2.41. The fraction of sp³-hybridized carbons (Fsp3) is 0. The molecule has 0 atom stereocenters. The molecule has 1 N–H and O–H groups in total. The minimum atomic E-state index is -1.01. The highest BCUT2D eigenvalue weighted by Gasteiger charge is 2.14. The van der Waals surface area contributed by atoms with Crippen molar-refractivity contribution < 1.29 is 14.8 Å². The molecule has 7 heteroatoms. The lowest BCUT2D eigenvalue weighted by molar-refractivity contribution is -0.385. The molecule has 2 aromatic carbocycles. The second-order valence-corrected chi connectivity index (χ2v) is 5.71. The Balaban J connectivity index is 2.36. The lowest BCUT2D eigenvalue weighted by atomic mass is 10.2. The molecule has 0 bridgehead atoms. The average molecular weight is 354 g/mol. The molecule has 2 rings (SSSR count). The van der Waals surface area contributed by atoms with E-state index in [9.17, 15) is 14.9 Å². The topological polar surface area (TPSA) is 80.4 Å². The molecule has 2 aromatic rings. The number of hydrogen-bond acceptors (Lipinski definition) is 4. The molecule has 20 heavy (non-hydrogen) atoms. The summed E-state index contributed by atoms with van der Waals surface area (Å²) in [6.07, 6.45) is 0. The van der Waals surface area contributed by atoms with Crippen LogP contribution >= 0.6 is 27.7 Å². The van der Waals surface area contributed by atoms with Crippen LogP contribution < -0.4 is 0 Å². The van der Waals surface area contributed by atoms with E-state index in [-0.39, 0.29) is 11.3 Å². The molecule has 102 valence electrons. The van der Waals surface area contributed by atoms with Gasteiger partial charge in [-0.3, -0.25) is 10.1 Å². The lowest BCUT2D eigenvalue weighted by Gasteiger charge is -2.07. The molecule has 0 aliphatic rings. The summed E-state index contributed by atoms with van der Waals surface area (Å²) in [7, 11) is 0. The van der Waals surface area contributed by atoms with Crippen LogP contribution in [0.5, 0.6) is 0 Å². The van der Waals surface area contributed by atoms with Gasteiger partial charge in [0.2, 0.25) is 0 Å². The highest BCUT2D eigenvalue weighted by molar-refractivity contribution is 9.10. The highest BCUT2D eigenvalue weighted by Crippen LogP contribution is 2.36. The third kappa shape index (κ3) is 3.17. The number of rotatable bonds is 4. The van der Waals surface area contributed by atoms with Crippen molar-refractivity contribution in [3.8, 4) is 0 Å². The van der Waals surface area contributed by atoms with E-state index in [2.05, 4.69) is 15.9 Å². The number of benzene rings is 2. The van der Waals surface area contributed by atoms with E-state index in [0.717, 1.165) is 0 Å². The molecule has 0 heterocycles. The van der Waals surface area contributed by atoms with E-state index in [1.54, 1.807) is 24.3 Å². The number of carboxylic acid groups (broad SMARTS) is 1. The van der Waals surface area contributed by atoms with Crippen LogP contribution in [-0.4, -0.2) is 16.0 Å². The minimum Gasteiger partial charge on any atom is -0.478 e. The van der Waals surface area contributed by atoms with Crippen molar-refractivity contribution >= 4 is 39.3 Å². The number of non-ortho nitro benzene ring substituents is 1. The predicted molar refractivity (Wildman–Crippen MR) is 78.3 cm³/mol. The van der Waals surface area contributed by atoms with Crippen molar-refractivity contribution in [2.75, 3.05) is 0 Å². The molecule has 0 saturated heterocycles. The van der Waals surface area contributed by atoms with Gasteiger partial charge in [-0.05, 0) is 34.1 Å². The van der Waals surface area contributed by atoms with E-state index >= 15 is 0 Å². The first kappa shape index (κ1) is 14.5. The quantitative estimate of drug-likeness (QED) is 0.657. The Kier molecular flexibility index (Phi) is 4.41. The Morgan fingerprint density at radius 3 is 2.50 bits per heavy atom. The molecule has 0 fully saturated rings. The normalized spacial score (nSPS) is 10.2.